The smallest absolute Gasteiger partial charge is 0.238 e. The van der Waals surface area contributed by atoms with Gasteiger partial charge in [-0.3, -0.25) is 4.79 Å². The molecule has 0 aliphatic carbocycles. The summed E-state index contributed by atoms with van der Waals surface area (Å²) < 4.78 is 5.71. The Morgan fingerprint density at radius 2 is 1.52 bits per heavy atom. The molecule has 0 unspecified atom stereocenters. The molecule has 0 bridgehead atoms. The zero-order valence-corrected chi connectivity index (χ0v) is 16.1. The summed E-state index contributed by atoms with van der Waals surface area (Å²) in [6.07, 6.45) is 11.0. The predicted molar refractivity (Wildman–Crippen MR) is 106 cm³/mol. The Morgan fingerprint density at radius 1 is 0.880 bits per heavy atom. The summed E-state index contributed by atoms with van der Waals surface area (Å²) in [4.78, 5) is 11.9. The fourth-order valence-corrected chi connectivity index (χ4v) is 2.61. The molecule has 142 valence electrons. The van der Waals surface area contributed by atoms with Crippen molar-refractivity contribution in [1.29, 1.82) is 0 Å². The number of carbonyl (C=O) groups excluding carboxylic acids is 1. The second-order valence-corrected chi connectivity index (χ2v) is 6.57. The van der Waals surface area contributed by atoms with Crippen LogP contribution in [0.3, 0.4) is 0 Å². The van der Waals surface area contributed by atoms with Gasteiger partial charge in [0, 0.05) is 5.69 Å². The van der Waals surface area contributed by atoms with Gasteiger partial charge in [-0.15, -0.1) is 0 Å². The number of anilines is 1. The zero-order chi connectivity index (χ0) is 18.2. The minimum Gasteiger partial charge on any atom is -0.494 e. The minimum atomic E-state index is 0.00166. The number of amides is 1. The van der Waals surface area contributed by atoms with Gasteiger partial charge in [0.25, 0.3) is 0 Å². The van der Waals surface area contributed by atoms with E-state index in [2.05, 4.69) is 24.5 Å². The molecular formula is C21H36N2O2. The highest BCUT2D eigenvalue weighted by Crippen LogP contribution is 2.16. The van der Waals surface area contributed by atoms with Gasteiger partial charge in [-0.1, -0.05) is 58.8 Å². The number of benzene rings is 1. The van der Waals surface area contributed by atoms with E-state index in [1.54, 1.807) is 0 Å². The van der Waals surface area contributed by atoms with Crippen molar-refractivity contribution in [2.24, 2.45) is 0 Å². The molecule has 0 aromatic heterocycles. The van der Waals surface area contributed by atoms with Gasteiger partial charge >= 0.3 is 0 Å². The Hall–Kier alpha value is -1.55. The maximum absolute atomic E-state index is 11.9. The van der Waals surface area contributed by atoms with Crippen molar-refractivity contribution in [2.45, 2.75) is 71.6 Å². The Balaban J connectivity index is 2.12. The molecule has 0 saturated heterocycles. The molecule has 25 heavy (non-hydrogen) atoms. The number of rotatable bonds is 15. The highest BCUT2D eigenvalue weighted by Gasteiger charge is 2.02. The molecule has 4 heteroatoms. The van der Waals surface area contributed by atoms with Gasteiger partial charge in [0.1, 0.15) is 5.75 Å². The number of ether oxygens (including phenoxy) is 1. The standard InChI is InChI=1S/C21H36N2O2/c1-3-5-7-9-10-16-22-18-21(24)23-19-12-14-20(15-13-19)25-17-11-8-6-4-2/h12-15,22H,3-11,16-18H2,1-2H3,(H,23,24). The lowest BCUT2D eigenvalue weighted by Crippen LogP contribution is -2.28. The third-order valence-electron chi connectivity index (χ3n) is 4.15. The van der Waals surface area contributed by atoms with Crippen LogP contribution in [0, 0.1) is 0 Å². The Morgan fingerprint density at radius 3 is 2.20 bits per heavy atom. The summed E-state index contributed by atoms with van der Waals surface area (Å²) in [6, 6.07) is 7.61. The van der Waals surface area contributed by atoms with Gasteiger partial charge in [0.2, 0.25) is 5.91 Å². The Labute approximate surface area is 153 Å². The van der Waals surface area contributed by atoms with Crippen LogP contribution in [0.5, 0.6) is 5.75 Å². The van der Waals surface area contributed by atoms with Gasteiger partial charge in [-0.25, -0.2) is 0 Å². The van der Waals surface area contributed by atoms with E-state index >= 15 is 0 Å². The molecule has 0 heterocycles. The van der Waals surface area contributed by atoms with E-state index in [1.165, 1.54) is 44.9 Å². The van der Waals surface area contributed by atoms with Crippen LogP contribution in [0.1, 0.15) is 71.6 Å². The van der Waals surface area contributed by atoms with E-state index in [0.29, 0.717) is 6.54 Å². The van der Waals surface area contributed by atoms with Crippen molar-refractivity contribution < 1.29 is 9.53 Å². The van der Waals surface area contributed by atoms with Crippen molar-refractivity contribution in [3.8, 4) is 5.75 Å². The number of carbonyl (C=O) groups is 1. The molecule has 0 saturated carbocycles. The predicted octanol–water partition coefficient (Wildman–Crippen LogP) is 5.14. The van der Waals surface area contributed by atoms with E-state index in [-0.39, 0.29) is 5.91 Å². The number of hydrogen-bond acceptors (Lipinski definition) is 3. The molecular weight excluding hydrogens is 312 g/mol. The summed E-state index contributed by atoms with van der Waals surface area (Å²) in [6.45, 7) is 6.45. The summed E-state index contributed by atoms with van der Waals surface area (Å²) in [7, 11) is 0. The van der Waals surface area contributed by atoms with Crippen LogP contribution < -0.4 is 15.4 Å². The Kier molecular flexibility index (Phi) is 12.7. The van der Waals surface area contributed by atoms with E-state index in [4.69, 9.17) is 4.74 Å². The van der Waals surface area contributed by atoms with Crippen LogP contribution in [0.15, 0.2) is 24.3 Å². The molecule has 0 aliphatic rings. The molecule has 0 atom stereocenters. The van der Waals surface area contributed by atoms with Gasteiger partial charge in [0.05, 0.1) is 13.2 Å². The maximum Gasteiger partial charge on any atom is 0.238 e. The van der Waals surface area contributed by atoms with Crippen LogP contribution >= 0.6 is 0 Å². The number of nitrogens with one attached hydrogen (secondary N) is 2. The van der Waals surface area contributed by atoms with E-state index in [9.17, 15) is 4.79 Å². The lowest BCUT2D eigenvalue weighted by molar-refractivity contribution is -0.115. The third kappa shape index (κ3) is 11.6. The second-order valence-electron chi connectivity index (χ2n) is 6.57. The van der Waals surface area contributed by atoms with Gasteiger partial charge < -0.3 is 15.4 Å². The first-order valence-corrected chi connectivity index (χ1v) is 9.99. The molecule has 0 radical (unpaired) electrons. The fourth-order valence-electron chi connectivity index (χ4n) is 2.61. The van der Waals surface area contributed by atoms with Crippen LogP contribution in [0.2, 0.25) is 0 Å². The Bertz CT molecular complexity index is 446. The van der Waals surface area contributed by atoms with E-state index in [0.717, 1.165) is 37.4 Å². The van der Waals surface area contributed by atoms with Crippen molar-refractivity contribution in [3.63, 3.8) is 0 Å². The van der Waals surface area contributed by atoms with Crippen molar-refractivity contribution in [1.82, 2.24) is 5.32 Å². The van der Waals surface area contributed by atoms with Crippen LogP contribution in [-0.2, 0) is 4.79 Å². The lowest BCUT2D eigenvalue weighted by Gasteiger charge is -2.09. The van der Waals surface area contributed by atoms with E-state index in [1.807, 2.05) is 24.3 Å². The van der Waals surface area contributed by atoms with Crippen molar-refractivity contribution >= 4 is 11.6 Å². The van der Waals surface area contributed by atoms with E-state index < -0.39 is 0 Å². The first-order chi connectivity index (χ1) is 12.3. The molecule has 2 N–H and O–H groups in total. The van der Waals surface area contributed by atoms with Gasteiger partial charge in [-0.2, -0.15) is 0 Å². The quantitative estimate of drug-likeness (QED) is 0.431. The maximum atomic E-state index is 11.9. The SMILES string of the molecule is CCCCCCCNCC(=O)Nc1ccc(OCCCCCC)cc1. The monoisotopic (exact) mass is 348 g/mol. The molecule has 1 rings (SSSR count). The molecule has 4 nitrogen and oxygen atoms in total. The topological polar surface area (TPSA) is 50.4 Å². The normalized spacial score (nSPS) is 10.6. The number of unbranched alkanes of at least 4 members (excludes halogenated alkanes) is 7. The summed E-state index contributed by atoms with van der Waals surface area (Å²) in [5, 5.41) is 6.11. The van der Waals surface area contributed by atoms with Crippen LogP contribution in [0.4, 0.5) is 5.69 Å². The van der Waals surface area contributed by atoms with Crippen LogP contribution in [-0.4, -0.2) is 25.6 Å². The first kappa shape index (κ1) is 21.5. The average Bonchev–Trinajstić information content (AvgIpc) is 2.62. The zero-order valence-electron chi connectivity index (χ0n) is 16.1. The first-order valence-electron chi connectivity index (χ1n) is 9.99. The lowest BCUT2D eigenvalue weighted by atomic mass is 10.1. The van der Waals surface area contributed by atoms with Gasteiger partial charge in [-0.05, 0) is 43.7 Å². The molecule has 1 aromatic carbocycles. The van der Waals surface area contributed by atoms with Crippen LogP contribution in [0.25, 0.3) is 0 Å². The molecule has 0 fully saturated rings. The molecule has 1 aromatic rings. The second kappa shape index (κ2) is 14.8. The summed E-state index contributed by atoms with van der Waals surface area (Å²) in [5.74, 6) is 0.862. The number of hydrogen-bond donors (Lipinski definition) is 2. The molecule has 0 spiro atoms. The fraction of sp³-hybridized carbons (Fsp3) is 0.667. The van der Waals surface area contributed by atoms with Gasteiger partial charge in [0.15, 0.2) is 0 Å². The third-order valence-corrected chi connectivity index (χ3v) is 4.15. The largest absolute Gasteiger partial charge is 0.494 e. The minimum absolute atomic E-state index is 0.00166. The van der Waals surface area contributed by atoms with Crippen molar-refractivity contribution in [2.75, 3.05) is 25.0 Å². The summed E-state index contributed by atoms with van der Waals surface area (Å²) >= 11 is 0. The average molecular weight is 349 g/mol. The van der Waals surface area contributed by atoms with Crippen molar-refractivity contribution in [3.05, 3.63) is 24.3 Å². The molecule has 1 amide bonds. The highest BCUT2D eigenvalue weighted by molar-refractivity contribution is 5.92. The highest BCUT2D eigenvalue weighted by atomic mass is 16.5. The summed E-state index contributed by atoms with van der Waals surface area (Å²) in [5.41, 5.74) is 0.813. The molecule has 0 aliphatic heterocycles.